The molecule has 1 fully saturated rings. The van der Waals surface area contributed by atoms with Gasteiger partial charge in [-0.3, -0.25) is 4.79 Å². The average Bonchev–Trinajstić information content (AvgIpc) is 3.15. The van der Waals surface area contributed by atoms with Gasteiger partial charge >= 0.3 is 6.18 Å². The van der Waals surface area contributed by atoms with Gasteiger partial charge in [-0.2, -0.15) is 13.2 Å². The fourth-order valence-corrected chi connectivity index (χ4v) is 3.09. The summed E-state index contributed by atoms with van der Waals surface area (Å²) in [4.78, 5) is 14.2. The van der Waals surface area contributed by atoms with E-state index in [1.54, 1.807) is 30.3 Å². The number of rotatable bonds is 4. The number of hydrogen-bond acceptors (Lipinski definition) is 2. The lowest BCUT2D eigenvalue weighted by Crippen LogP contribution is -2.21. The van der Waals surface area contributed by atoms with Gasteiger partial charge in [0.25, 0.3) is 0 Å². The third-order valence-electron chi connectivity index (χ3n) is 4.33. The second-order valence-electron chi connectivity index (χ2n) is 6.30. The maximum absolute atomic E-state index is 13.1. The molecule has 3 rings (SSSR count). The summed E-state index contributed by atoms with van der Waals surface area (Å²) in [5, 5.41) is 3.17. The number of nitrogens with zero attached hydrogens (tertiary/aromatic N) is 1. The highest BCUT2D eigenvalue weighted by atomic mass is 35.5. The van der Waals surface area contributed by atoms with Crippen molar-refractivity contribution in [3.63, 3.8) is 0 Å². The molecule has 27 heavy (non-hydrogen) atoms. The van der Waals surface area contributed by atoms with Crippen LogP contribution in [0.2, 0.25) is 5.02 Å². The molecular weight excluding hydrogens is 377 g/mol. The number of carbonyl (C=O) groups is 1. The van der Waals surface area contributed by atoms with E-state index < -0.39 is 17.6 Å². The zero-order chi connectivity index (χ0) is 19.4. The van der Waals surface area contributed by atoms with Gasteiger partial charge in [0.1, 0.15) is 0 Å². The standard InChI is InChI=1S/C20H18ClF3N2O/c21-16-7-3-14(4-8-16)5-10-19(27)25-17-13-15(20(22,23)24)6-9-18(17)26-11-1-2-12-26/h3-10,13H,1-2,11-12H2,(H,25,27). The fourth-order valence-electron chi connectivity index (χ4n) is 2.97. The van der Waals surface area contributed by atoms with Gasteiger partial charge in [-0.15, -0.1) is 0 Å². The van der Waals surface area contributed by atoms with E-state index in [-0.39, 0.29) is 5.69 Å². The SMILES string of the molecule is O=C(C=Cc1ccc(Cl)cc1)Nc1cc(C(F)(F)F)ccc1N1CCCC1. The Kier molecular flexibility index (Phi) is 5.75. The van der Waals surface area contributed by atoms with Crippen molar-refractivity contribution in [1.82, 2.24) is 0 Å². The van der Waals surface area contributed by atoms with Gasteiger partial charge < -0.3 is 10.2 Å². The monoisotopic (exact) mass is 394 g/mol. The van der Waals surface area contributed by atoms with Crippen LogP contribution in [0.25, 0.3) is 6.08 Å². The quantitative estimate of drug-likeness (QED) is 0.683. The molecule has 0 spiro atoms. The predicted octanol–water partition coefficient (Wildman–Crippen LogP) is 5.61. The zero-order valence-corrected chi connectivity index (χ0v) is 15.1. The van der Waals surface area contributed by atoms with Crippen molar-refractivity contribution in [3.05, 3.63) is 64.7 Å². The summed E-state index contributed by atoms with van der Waals surface area (Å²) in [5.41, 5.74) is 0.743. The molecule has 7 heteroatoms. The van der Waals surface area contributed by atoms with Gasteiger partial charge in [0.2, 0.25) is 5.91 Å². The first-order chi connectivity index (χ1) is 12.8. The third-order valence-corrected chi connectivity index (χ3v) is 4.58. The second kappa shape index (κ2) is 8.05. The smallest absolute Gasteiger partial charge is 0.370 e. The van der Waals surface area contributed by atoms with Crippen LogP contribution in [0.15, 0.2) is 48.5 Å². The molecule has 0 aromatic heterocycles. The predicted molar refractivity (Wildman–Crippen MR) is 102 cm³/mol. The van der Waals surface area contributed by atoms with Crippen molar-refractivity contribution in [2.24, 2.45) is 0 Å². The maximum atomic E-state index is 13.1. The van der Waals surface area contributed by atoms with E-state index in [2.05, 4.69) is 5.32 Å². The summed E-state index contributed by atoms with van der Waals surface area (Å²) < 4.78 is 39.2. The number of alkyl halides is 3. The molecule has 1 N–H and O–H groups in total. The first-order valence-electron chi connectivity index (χ1n) is 8.54. The Hall–Kier alpha value is -2.47. The maximum Gasteiger partial charge on any atom is 0.416 e. The molecule has 0 unspecified atom stereocenters. The van der Waals surface area contributed by atoms with Gasteiger partial charge in [-0.25, -0.2) is 0 Å². The first-order valence-corrected chi connectivity index (χ1v) is 8.91. The van der Waals surface area contributed by atoms with Crippen LogP contribution in [0, 0.1) is 0 Å². The number of nitrogens with one attached hydrogen (secondary N) is 1. The molecule has 0 aliphatic carbocycles. The van der Waals surface area contributed by atoms with Gasteiger partial charge in [-0.1, -0.05) is 23.7 Å². The third kappa shape index (κ3) is 5.04. The molecule has 2 aromatic rings. The minimum atomic E-state index is -4.47. The van der Waals surface area contributed by atoms with E-state index in [1.165, 1.54) is 12.1 Å². The number of amides is 1. The van der Waals surface area contributed by atoms with Crippen LogP contribution < -0.4 is 10.2 Å². The molecule has 0 saturated carbocycles. The molecule has 1 saturated heterocycles. The first kappa shape index (κ1) is 19.3. The summed E-state index contributed by atoms with van der Waals surface area (Å²) in [6, 6.07) is 10.3. The van der Waals surface area contributed by atoms with Crippen LogP contribution in [-0.2, 0) is 11.0 Å². The van der Waals surface area contributed by atoms with Gasteiger partial charge in [0.15, 0.2) is 0 Å². The molecule has 0 bridgehead atoms. The molecule has 0 atom stereocenters. The lowest BCUT2D eigenvalue weighted by Gasteiger charge is -2.22. The molecule has 1 aliphatic rings. The summed E-state index contributed by atoms with van der Waals surface area (Å²) in [7, 11) is 0. The van der Waals surface area contributed by atoms with Crippen LogP contribution in [-0.4, -0.2) is 19.0 Å². The van der Waals surface area contributed by atoms with Crippen molar-refractivity contribution in [1.29, 1.82) is 0 Å². The number of carbonyl (C=O) groups excluding carboxylic acids is 1. The lowest BCUT2D eigenvalue weighted by molar-refractivity contribution is -0.137. The lowest BCUT2D eigenvalue weighted by atomic mass is 10.1. The van der Waals surface area contributed by atoms with E-state index >= 15 is 0 Å². The molecule has 0 radical (unpaired) electrons. The largest absolute Gasteiger partial charge is 0.416 e. The normalized spacial score (nSPS) is 14.7. The minimum Gasteiger partial charge on any atom is -0.370 e. The Morgan fingerprint density at radius 1 is 1.07 bits per heavy atom. The van der Waals surface area contributed by atoms with E-state index in [0.29, 0.717) is 10.7 Å². The summed E-state index contributed by atoms with van der Waals surface area (Å²) in [6.07, 6.45) is 0.351. The second-order valence-corrected chi connectivity index (χ2v) is 6.73. The Bertz CT molecular complexity index is 841. The van der Waals surface area contributed by atoms with E-state index in [0.717, 1.165) is 43.6 Å². The van der Waals surface area contributed by atoms with Gasteiger partial charge in [0.05, 0.1) is 16.9 Å². The van der Waals surface area contributed by atoms with Crippen molar-refractivity contribution in [3.8, 4) is 0 Å². The Morgan fingerprint density at radius 3 is 2.37 bits per heavy atom. The van der Waals surface area contributed by atoms with Crippen LogP contribution in [0.1, 0.15) is 24.0 Å². The number of benzene rings is 2. The number of halogens is 4. The fraction of sp³-hybridized carbons (Fsp3) is 0.250. The number of hydrogen-bond donors (Lipinski definition) is 1. The molecule has 1 amide bonds. The van der Waals surface area contributed by atoms with Crippen molar-refractivity contribution in [2.75, 3.05) is 23.3 Å². The topological polar surface area (TPSA) is 32.3 Å². The Balaban J connectivity index is 1.82. The van der Waals surface area contributed by atoms with Crippen LogP contribution in [0.3, 0.4) is 0 Å². The van der Waals surface area contributed by atoms with E-state index in [9.17, 15) is 18.0 Å². The van der Waals surface area contributed by atoms with Crippen molar-refractivity contribution >= 4 is 35.0 Å². The minimum absolute atomic E-state index is 0.164. The highest BCUT2D eigenvalue weighted by Gasteiger charge is 2.31. The molecule has 1 aliphatic heterocycles. The molecule has 3 nitrogen and oxygen atoms in total. The molecular formula is C20H18ClF3N2O. The van der Waals surface area contributed by atoms with Crippen LogP contribution >= 0.6 is 11.6 Å². The molecule has 142 valence electrons. The summed E-state index contributed by atoms with van der Waals surface area (Å²) >= 11 is 5.81. The van der Waals surface area contributed by atoms with Crippen LogP contribution in [0.5, 0.6) is 0 Å². The number of anilines is 2. The van der Waals surface area contributed by atoms with E-state index in [1.807, 2.05) is 4.90 Å². The van der Waals surface area contributed by atoms with Crippen LogP contribution in [0.4, 0.5) is 24.5 Å². The Labute approximate surface area is 160 Å². The van der Waals surface area contributed by atoms with Crippen molar-refractivity contribution < 1.29 is 18.0 Å². The summed E-state index contributed by atoms with van der Waals surface area (Å²) in [6.45, 7) is 1.52. The highest BCUT2D eigenvalue weighted by Crippen LogP contribution is 2.36. The molecule has 1 heterocycles. The van der Waals surface area contributed by atoms with Gasteiger partial charge in [0, 0.05) is 24.2 Å². The summed E-state index contributed by atoms with van der Waals surface area (Å²) in [5.74, 6) is -0.496. The van der Waals surface area contributed by atoms with Gasteiger partial charge in [-0.05, 0) is 54.8 Å². The Morgan fingerprint density at radius 2 is 1.74 bits per heavy atom. The zero-order valence-electron chi connectivity index (χ0n) is 14.4. The van der Waals surface area contributed by atoms with Crippen molar-refractivity contribution in [2.45, 2.75) is 19.0 Å². The molecule has 2 aromatic carbocycles. The van der Waals surface area contributed by atoms with E-state index in [4.69, 9.17) is 11.6 Å². The average molecular weight is 395 g/mol. The highest BCUT2D eigenvalue weighted by molar-refractivity contribution is 6.30.